The van der Waals surface area contributed by atoms with Crippen molar-refractivity contribution < 1.29 is 9.47 Å². The van der Waals surface area contributed by atoms with Gasteiger partial charge in [0.2, 0.25) is 0 Å². The summed E-state index contributed by atoms with van der Waals surface area (Å²) in [6, 6.07) is 7.73. The number of hydrogen-bond donors (Lipinski definition) is 2. The van der Waals surface area contributed by atoms with Crippen molar-refractivity contribution in [2.45, 2.75) is 26.4 Å². The molecule has 0 spiro atoms. The van der Waals surface area contributed by atoms with Gasteiger partial charge in [0.1, 0.15) is 6.61 Å². The molecular weight excluding hydrogens is 405 g/mol. The Bertz CT molecular complexity index is 520. The van der Waals surface area contributed by atoms with Gasteiger partial charge in [0, 0.05) is 13.1 Å². The van der Waals surface area contributed by atoms with Gasteiger partial charge in [0.05, 0.1) is 6.54 Å². The zero-order valence-electron chi connectivity index (χ0n) is 13.7. The van der Waals surface area contributed by atoms with E-state index in [2.05, 4.69) is 34.7 Å². The molecule has 0 aliphatic carbocycles. The fraction of sp³-hybridized carbons (Fsp3) is 0.471. The highest BCUT2D eigenvalue weighted by Gasteiger charge is 2.20. The summed E-state index contributed by atoms with van der Waals surface area (Å²) in [5, 5.41) is 6.54. The first kappa shape index (κ1) is 19.6. The number of fused-ring (bicyclic) bond motifs is 1. The lowest BCUT2D eigenvalue weighted by Crippen LogP contribution is -2.39. The molecule has 1 unspecified atom stereocenters. The molecule has 0 saturated heterocycles. The lowest BCUT2D eigenvalue weighted by molar-refractivity contribution is 0.0971. The Hall–Kier alpha value is -1.44. The number of guanidine groups is 1. The second kappa shape index (κ2) is 11.2. The second-order valence-corrected chi connectivity index (χ2v) is 5.00. The van der Waals surface area contributed by atoms with Crippen LogP contribution in [0.1, 0.15) is 20.3 Å². The third-order valence-electron chi connectivity index (χ3n) is 3.20. The predicted molar refractivity (Wildman–Crippen MR) is 105 cm³/mol. The van der Waals surface area contributed by atoms with Gasteiger partial charge in [-0.05, 0) is 32.4 Å². The van der Waals surface area contributed by atoms with E-state index in [1.807, 2.05) is 31.2 Å². The van der Waals surface area contributed by atoms with Crippen molar-refractivity contribution in [1.82, 2.24) is 10.6 Å². The van der Waals surface area contributed by atoms with Crippen LogP contribution in [0.15, 0.2) is 41.4 Å². The summed E-state index contributed by atoms with van der Waals surface area (Å²) in [7, 11) is 0. The van der Waals surface area contributed by atoms with Crippen molar-refractivity contribution in [2.75, 3.05) is 26.2 Å². The Morgan fingerprint density at radius 3 is 2.83 bits per heavy atom. The number of aliphatic imine (C=N–C) groups is 1. The van der Waals surface area contributed by atoms with Gasteiger partial charge in [-0.25, -0.2) is 4.99 Å². The van der Waals surface area contributed by atoms with Crippen LogP contribution in [0.4, 0.5) is 0 Å². The third-order valence-corrected chi connectivity index (χ3v) is 3.20. The van der Waals surface area contributed by atoms with Crippen LogP contribution in [0.3, 0.4) is 0 Å². The Morgan fingerprint density at radius 1 is 1.30 bits per heavy atom. The molecule has 23 heavy (non-hydrogen) atoms. The molecule has 6 heteroatoms. The van der Waals surface area contributed by atoms with Crippen LogP contribution in [-0.4, -0.2) is 38.3 Å². The Morgan fingerprint density at radius 2 is 2.09 bits per heavy atom. The number of halogens is 1. The number of benzene rings is 1. The van der Waals surface area contributed by atoms with Crippen LogP contribution < -0.4 is 20.1 Å². The second-order valence-electron chi connectivity index (χ2n) is 5.00. The molecule has 1 heterocycles. The Kier molecular flexibility index (Phi) is 9.51. The van der Waals surface area contributed by atoms with Crippen LogP contribution in [-0.2, 0) is 0 Å². The number of para-hydroxylation sites is 2. The van der Waals surface area contributed by atoms with Crippen molar-refractivity contribution in [2.24, 2.45) is 4.99 Å². The van der Waals surface area contributed by atoms with E-state index >= 15 is 0 Å². The molecule has 2 N–H and O–H groups in total. The minimum atomic E-state index is -0.0547. The Labute approximate surface area is 155 Å². The molecule has 5 nitrogen and oxygen atoms in total. The first-order chi connectivity index (χ1) is 10.8. The molecular formula is C17H26IN3O2. The van der Waals surface area contributed by atoms with Gasteiger partial charge in [-0.1, -0.05) is 24.3 Å². The largest absolute Gasteiger partial charge is 0.486 e. The van der Waals surface area contributed by atoms with Crippen LogP contribution in [0.25, 0.3) is 0 Å². The van der Waals surface area contributed by atoms with Gasteiger partial charge in [-0.2, -0.15) is 0 Å². The number of ether oxygens (including phenoxy) is 2. The summed E-state index contributed by atoms with van der Waals surface area (Å²) >= 11 is 0. The smallest absolute Gasteiger partial charge is 0.191 e. The molecule has 0 fully saturated rings. The number of nitrogens with one attached hydrogen (secondary N) is 2. The average Bonchev–Trinajstić information content (AvgIpc) is 2.56. The summed E-state index contributed by atoms with van der Waals surface area (Å²) in [6.07, 6.45) is 5.11. The lowest BCUT2D eigenvalue weighted by Gasteiger charge is -2.25. The normalized spacial score (nSPS) is 16.8. The van der Waals surface area contributed by atoms with Gasteiger partial charge in [-0.15, -0.1) is 24.0 Å². The highest BCUT2D eigenvalue weighted by atomic mass is 127. The van der Waals surface area contributed by atoms with Crippen molar-refractivity contribution in [3.05, 3.63) is 36.4 Å². The molecule has 1 aliphatic rings. The monoisotopic (exact) mass is 431 g/mol. The summed E-state index contributed by atoms with van der Waals surface area (Å²) in [4.78, 5) is 4.57. The van der Waals surface area contributed by atoms with Crippen molar-refractivity contribution in [1.29, 1.82) is 0 Å². The molecule has 128 valence electrons. The topological polar surface area (TPSA) is 54.9 Å². The van der Waals surface area contributed by atoms with Crippen LogP contribution in [0.5, 0.6) is 11.5 Å². The van der Waals surface area contributed by atoms with Gasteiger partial charge < -0.3 is 20.1 Å². The molecule has 0 bridgehead atoms. The third kappa shape index (κ3) is 6.68. The zero-order chi connectivity index (χ0) is 15.6. The SMILES string of the molecule is C/C=C/CCNC(=NCC1COc2ccccc2O1)NCC.I. The molecule has 0 radical (unpaired) electrons. The van der Waals surface area contributed by atoms with E-state index in [4.69, 9.17) is 9.47 Å². The molecule has 0 saturated carbocycles. The molecule has 2 rings (SSSR count). The van der Waals surface area contributed by atoms with E-state index in [0.717, 1.165) is 37.0 Å². The van der Waals surface area contributed by atoms with E-state index in [1.165, 1.54) is 0 Å². The zero-order valence-corrected chi connectivity index (χ0v) is 16.1. The standard InChI is InChI=1S/C17H25N3O2.HI/c1-3-5-8-11-19-17(18-4-2)20-12-14-13-21-15-9-6-7-10-16(15)22-14;/h3,5-7,9-10,14H,4,8,11-13H2,1-2H3,(H2,18,19,20);1H/b5-3+;. The fourth-order valence-corrected chi connectivity index (χ4v) is 2.13. The number of nitrogens with zero attached hydrogens (tertiary/aromatic N) is 1. The highest BCUT2D eigenvalue weighted by Crippen LogP contribution is 2.30. The van der Waals surface area contributed by atoms with Crippen molar-refractivity contribution in [3.8, 4) is 11.5 Å². The van der Waals surface area contributed by atoms with Gasteiger partial charge in [-0.3, -0.25) is 0 Å². The summed E-state index contributed by atoms with van der Waals surface area (Å²) in [5.41, 5.74) is 0. The Balaban J connectivity index is 0.00000264. The van der Waals surface area contributed by atoms with Crippen molar-refractivity contribution in [3.63, 3.8) is 0 Å². The number of hydrogen-bond acceptors (Lipinski definition) is 3. The minimum absolute atomic E-state index is 0. The first-order valence-electron chi connectivity index (χ1n) is 7.85. The van der Waals surface area contributed by atoms with Crippen LogP contribution >= 0.6 is 24.0 Å². The molecule has 1 aromatic rings. The van der Waals surface area contributed by atoms with E-state index < -0.39 is 0 Å². The fourth-order valence-electron chi connectivity index (χ4n) is 2.13. The molecule has 0 aromatic heterocycles. The highest BCUT2D eigenvalue weighted by molar-refractivity contribution is 14.0. The maximum absolute atomic E-state index is 5.90. The van der Waals surface area contributed by atoms with E-state index in [0.29, 0.717) is 13.2 Å². The summed E-state index contributed by atoms with van der Waals surface area (Å²) in [6.45, 7) is 6.87. The molecule has 1 atom stereocenters. The minimum Gasteiger partial charge on any atom is -0.486 e. The number of rotatable bonds is 6. The maximum atomic E-state index is 5.90. The van der Waals surface area contributed by atoms with Gasteiger partial charge in [0.25, 0.3) is 0 Å². The summed E-state index contributed by atoms with van der Waals surface area (Å²) in [5.74, 6) is 2.41. The van der Waals surface area contributed by atoms with Crippen molar-refractivity contribution >= 4 is 29.9 Å². The molecule has 1 aliphatic heterocycles. The maximum Gasteiger partial charge on any atom is 0.191 e. The predicted octanol–water partition coefficient (Wildman–Crippen LogP) is 2.97. The first-order valence-corrected chi connectivity index (χ1v) is 7.85. The van der Waals surface area contributed by atoms with Gasteiger partial charge >= 0.3 is 0 Å². The molecule has 1 aromatic carbocycles. The molecule has 0 amide bonds. The van der Waals surface area contributed by atoms with E-state index in [-0.39, 0.29) is 30.1 Å². The van der Waals surface area contributed by atoms with E-state index in [9.17, 15) is 0 Å². The van der Waals surface area contributed by atoms with Crippen LogP contribution in [0, 0.1) is 0 Å². The van der Waals surface area contributed by atoms with Crippen LogP contribution in [0.2, 0.25) is 0 Å². The summed E-state index contributed by atoms with van der Waals surface area (Å²) < 4.78 is 11.6. The van der Waals surface area contributed by atoms with E-state index in [1.54, 1.807) is 0 Å². The lowest BCUT2D eigenvalue weighted by atomic mass is 10.2. The quantitative estimate of drug-likeness (QED) is 0.239. The van der Waals surface area contributed by atoms with Gasteiger partial charge in [0.15, 0.2) is 23.6 Å². The average molecular weight is 431 g/mol. The number of allylic oxidation sites excluding steroid dienone is 1.